The smallest absolute Gasteiger partial charge is 0.255 e. The predicted octanol–water partition coefficient (Wildman–Crippen LogP) is 1.76. The van der Waals surface area contributed by atoms with Gasteiger partial charge in [0.1, 0.15) is 6.10 Å². The van der Waals surface area contributed by atoms with Crippen LogP contribution >= 0.6 is 12.4 Å². The van der Waals surface area contributed by atoms with Crippen molar-refractivity contribution in [1.82, 2.24) is 15.5 Å². The summed E-state index contributed by atoms with van der Waals surface area (Å²) in [6, 6.07) is 0.324. The lowest BCUT2D eigenvalue weighted by molar-refractivity contribution is 0.00144. The number of hydrogen-bond donors (Lipinski definition) is 1. The van der Waals surface area contributed by atoms with Crippen LogP contribution in [0.2, 0.25) is 0 Å². The van der Waals surface area contributed by atoms with Crippen molar-refractivity contribution < 1.29 is 14.0 Å². The van der Waals surface area contributed by atoms with Gasteiger partial charge in [-0.15, -0.1) is 12.4 Å². The SMILES string of the molecule is CCOCCOC(C)c1nc(CC(C)NC)no1.Cl. The Bertz CT molecular complexity index is 336. The molecule has 0 fully saturated rings. The molecule has 0 saturated carbocycles. The van der Waals surface area contributed by atoms with E-state index < -0.39 is 0 Å². The molecule has 0 amide bonds. The summed E-state index contributed by atoms with van der Waals surface area (Å²) in [6.45, 7) is 7.72. The molecule has 0 aromatic carbocycles. The van der Waals surface area contributed by atoms with Crippen molar-refractivity contribution in [2.24, 2.45) is 0 Å². The second kappa shape index (κ2) is 10.1. The Morgan fingerprint density at radius 1 is 1.32 bits per heavy atom. The Morgan fingerprint density at radius 3 is 2.68 bits per heavy atom. The molecule has 0 aliphatic carbocycles. The third-order valence-corrected chi connectivity index (χ3v) is 2.61. The largest absolute Gasteiger partial charge is 0.379 e. The van der Waals surface area contributed by atoms with Gasteiger partial charge in [0.25, 0.3) is 5.89 Å². The second-order valence-corrected chi connectivity index (χ2v) is 4.15. The van der Waals surface area contributed by atoms with Gasteiger partial charge in [-0.3, -0.25) is 0 Å². The van der Waals surface area contributed by atoms with Gasteiger partial charge in [-0.1, -0.05) is 5.16 Å². The molecule has 1 N–H and O–H groups in total. The number of aromatic nitrogens is 2. The van der Waals surface area contributed by atoms with Gasteiger partial charge in [0.15, 0.2) is 5.82 Å². The van der Waals surface area contributed by atoms with Crippen LogP contribution in [-0.2, 0) is 15.9 Å². The zero-order valence-electron chi connectivity index (χ0n) is 12.0. The van der Waals surface area contributed by atoms with Gasteiger partial charge in [-0.25, -0.2) is 0 Å². The Balaban J connectivity index is 0.00000324. The lowest BCUT2D eigenvalue weighted by Gasteiger charge is -2.08. The van der Waals surface area contributed by atoms with Crippen LogP contribution in [0.4, 0.5) is 0 Å². The predicted molar refractivity (Wildman–Crippen MR) is 74.6 cm³/mol. The van der Waals surface area contributed by atoms with E-state index in [2.05, 4.69) is 22.4 Å². The summed E-state index contributed by atoms with van der Waals surface area (Å²) >= 11 is 0. The molecule has 19 heavy (non-hydrogen) atoms. The first-order chi connectivity index (χ1) is 8.67. The van der Waals surface area contributed by atoms with Crippen LogP contribution in [0.5, 0.6) is 0 Å². The Hall–Kier alpha value is -0.690. The summed E-state index contributed by atoms with van der Waals surface area (Å²) in [5.41, 5.74) is 0. The van der Waals surface area contributed by atoms with Crippen LogP contribution in [0.25, 0.3) is 0 Å². The number of ether oxygens (including phenoxy) is 2. The van der Waals surface area contributed by atoms with E-state index in [9.17, 15) is 0 Å². The van der Waals surface area contributed by atoms with Crippen molar-refractivity contribution in [3.63, 3.8) is 0 Å². The third kappa shape index (κ3) is 6.87. The number of rotatable bonds is 9. The van der Waals surface area contributed by atoms with Gasteiger partial charge in [-0.05, 0) is 27.8 Å². The van der Waals surface area contributed by atoms with E-state index in [1.807, 2.05) is 20.9 Å². The zero-order chi connectivity index (χ0) is 13.4. The fraction of sp³-hybridized carbons (Fsp3) is 0.833. The molecule has 0 spiro atoms. The van der Waals surface area contributed by atoms with Crippen LogP contribution in [0.15, 0.2) is 4.52 Å². The van der Waals surface area contributed by atoms with E-state index in [4.69, 9.17) is 14.0 Å². The fourth-order valence-electron chi connectivity index (χ4n) is 1.39. The minimum Gasteiger partial charge on any atom is -0.379 e. The fourth-order valence-corrected chi connectivity index (χ4v) is 1.39. The standard InChI is InChI=1S/C12H23N3O3.ClH/c1-5-16-6-7-17-10(3)12-14-11(15-18-12)8-9(2)13-4;/h9-10,13H,5-8H2,1-4H3;1H. The first kappa shape index (κ1) is 18.3. The highest BCUT2D eigenvalue weighted by Crippen LogP contribution is 2.14. The maximum absolute atomic E-state index is 5.54. The molecule has 2 atom stereocenters. The normalized spacial score (nSPS) is 13.9. The highest BCUT2D eigenvalue weighted by atomic mass is 35.5. The summed E-state index contributed by atoms with van der Waals surface area (Å²) < 4.78 is 15.9. The quantitative estimate of drug-likeness (QED) is 0.700. The Kier molecular flexibility index (Phi) is 9.77. The van der Waals surface area contributed by atoms with Crippen molar-refractivity contribution >= 4 is 12.4 Å². The molecule has 0 aliphatic heterocycles. The van der Waals surface area contributed by atoms with Crippen molar-refractivity contribution in [1.29, 1.82) is 0 Å². The summed E-state index contributed by atoms with van der Waals surface area (Å²) in [4.78, 5) is 4.31. The van der Waals surface area contributed by atoms with Crippen molar-refractivity contribution in [3.8, 4) is 0 Å². The van der Waals surface area contributed by atoms with Gasteiger partial charge in [0.05, 0.1) is 13.2 Å². The minimum absolute atomic E-state index is 0. The first-order valence-electron chi connectivity index (χ1n) is 6.36. The molecule has 2 unspecified atom stereocenters. The molecule has 1 aromatic rings. The monoisotopic (exact) mass is 293 g/mol. The van der Waals surface area contributed by atoms with Crippen LogP contribution in [0, 0.1) is 0 Å². The molecule has 0 radical (unpaired) electrons. The van der Waals surface area contributed by atoms with Crippen LogP contribution < -0.4 is 5.32 Å². The third-order valence-electron chi connectivity index (χ3n) is 2.61. The molecule has 1 aromatic heterocycles. The summed E-state index contributed by atoms with van der Waals surface area (Å²) in [7, 11) is 1.91. The maximum Gasteiger partial charge on any atom is 0.255 e. The number of hydrogen-bond acceptors (Lipinski definition) is 6. The molecule has 112 valence electrons. The van der Waals surface area contributed by atoms with E-state index in [-0.39, 0.29) is 18.5 Å². The van der Waals surface area contributed by atoms with Crippen molar-refractivity contribution in [3.05, 3.63) is 11.7 Å². The van der Waals surface area contributed by atoms with Crippen LogP contribution in [0.1, 0.15) is 38.6 Å². The lowest BCUT2D eigenvalue weighted by atomic mass is 10.2. The number of halogens is 1. The molecule has 7 heteroatoms. The van der Waals surface area contributed by atoms with Crippen LogP contribution in [-0.4, -0.2) is 43.1 Å². The van der Waals surface area contributed by atoms with Crippen molar-refractivity contribution in [2.45, 2.75) is 39.3 Å². The Morgan fingerprint density at radius 2 is 2.05 bits per heavy atom. The molecule has 1 rings (SSSR count). The lowest BCUT2D eigenvalue weighted by Crippen LogP contribution is -2.24. The van der Waals surface area contributed by atoms with Crippen LogP contribution in [0.3, 0.4) is 0 Å². The topological polar surface area (TPSA) is 69.4 Å². The van der Waals surface area contributed by atoms with E-state index in [0.717, 1.165) is 6.42 Å². The summed E-state index contributed by atoms with van der Waals surface area (Å²) in [6.07, 6.45) is 0.544. The summed E-state index contributed by atoms with van der Waals surface area (Å²) in [5.74, 6) is 1.22. The van der Waals surface area contributed by atoms with E-state index in [1.54, 1.807) is 0 Å². The van der Waals surface area contributed by atoms with Gasteiger partial charge in [0, 0.05) is 19.1 Å². The summed E-state index contributed by atoms with van der Waals surface area (Å²) in [5, 5.41) is 7.06. The molecule has 6 nitrogen and oxygen atoms in total. The van der Waals surface area contributed by atoms with Gasteiger partial charge >= 0.3 is 0 Å². The maximum atomic E-state index is 5.54. The first-order valence-corrected chi connectivity index (χ1v) is 6.36. The average molecular weight is 294 g/mol. The van der Waals surface area contributed by atoms with Crippen molar-refractivity contribution in [2.75, 3.05) is 26.9 Å². The van der Waals surface area contributed by atoms with Gasteiger partial charge in [-0.2, -0.15) is 4.98 Å². The number of nitrogens with zero attached hydrogens (tertiary/aromatic N) is 2. The van der Waals surface area contributed by atoms with E-state index in [0.29, 0.717) is 37.6 Å². The highest BCUT2D eigenvalue weighted by molar-refractivity contribution is 5.85. The zero-order valence-corrected chi connectivity index (χ0v) is 12.8. The van der Waals surface area contributed by atoms with Gasteiger partial charge in [0.2, 0.25) is 0 Å². The molecule has 0 aliphatic rings. The molecular formula is C12H24ClN3O3. The molecule has 0 bridgehead atoms. The minimum atomic E-state index is -0.198. The molecular weight excluding hydrogens is 270 g/mol. The number of nitrogens with one attached hydrogen (secondary N) is 1. The molecule has 0 saturated heterocycles. The average Bonchev–Trinajstić information content (AvgIpc) is 2.82. The highest BCUT2D eigenvalue weighted by Gasteiger charge is 2.15. The number of likely N-dealkylation sites (N-methyl/N-ethyl adjacent to an activating group) is 1. The van der Waals surface area contributed by atoms with E-state index >= 15 is 0 Å². The Labute approximate surface area is 120 Å². The second-order valence-electron chi connectivity index (χ2n) is 4.15. The van der Waals surface area contributed by atoms with E-state index in [1.165, 1.54) is 0 Å². The van der Waals surface area contributed by atoms with Gasteiger partial charge < -0.3 is 19.3 Å². The molecule has 1 heterocycles.